The van der Waals surface area contributed by atoms with Crippen LogP contribution >= 0.6 is 11.6 Å². The van der Waals surface area contributed by atoms with E-state index in [2.05, 4.69) is 19.2 Å². The number of alkyl halides is 2. The number of nitrogens with one attached hydrogen (secondary N) is 1. The first-order valence-electron chi connectivity index (χ1n) is 6.26. The lowest BCUT2D eigenvalue weighted by Crippen LogP contribution is -2.21. The number of benzene rings is 1. The molecule has 104 valence electrons. The van der Waals surface area contributed by atoms with Gasteiger partial charge in [0, 0.05) is 29.2 Å². The fourth-order valence-corrected chi connectivity index (χ4v) is 2.26. The Morgan fingerprint density at radius 2 is 2.05 bits per heavy atom. The van der Waals surface area contributed by atoms with E-state index in [0.29, 0.717) is 17.6 Å². The fraction of sp³-hybridized carbons (Fsp3) is 0.429. The van der Waals surface area contributed by atoms with Gasteiger partial charge in [-0.25, -0.2) is 8.78 Å². The van der Waals surface area contributed by atoms with Crippen molar-refractivity contribution in [2.24, 2.45) is 0 Å². The van der Waals surface area contributed by atoms with E-state index in [0.717, 1.165) is 16.5 Å². The molecule has 0 aliphatic rings. The maximum Gasteiger partial charge on any atom is 0.256 e. The highest BCUT2D eigenvalue weighted by Gasteiger charge is 2.12. The van der Waals surface area contributed by atoms with Crippen LogP contribution in [0.5, 0.6) is 0 Å². The van der Waals surface area contributed by atoms with Gasteiger partial charge in [0.15, 0.2) is 0 Å². The van der Waals surface area contributed by atoms with Gasteiger partial charge in [-0.05, 0) is 17.7 Å². The van der Waals surface area contributed by atoms with Crippen LogP contribution in [0.2, 0.25) is 5.02 Å². The van der Waals surface area contributed by atoms with Crippen LogP contribution in [0, 0.1) is 0 Å². The van der Waals surface area contributed by atoms with Gasteiger partial charge in [-0.1, -0.05) is 31.5 Å². The summed E-state index contributed by atoms with van der Waals surface area (Å²) in [6.07, 6.45) is -0.594. The number of aromatic nitrogens is 1. The molecule has 0 bridgehead atoms. The molecule has 0 aliphatic carbocycles. The first-order valence-corrected chi connectivity index (χ1v) is 6.64. The first kappa shape index (κ1) is 14.3. The van der Waals surface area contributed by atoms with Crippen molar-refractivity contribution in [2.75, 3.05) is 0 Å². The van der Waals surface area contributed by atoms with Crippen molar-refractivity contribution < 1.29 is 8.78 Å². The molecule has 2 aromatic rings. The van der Waals surface area contributed by atoms with Gasteiger partial charge in [-0.2, -0.15) is 0 Å². The Hall–Kier alpha value is -1.13. The Morgan fingerprint density at radius 3 is 2.68 bits per heavy atom. The van der Waals surface area contributed by atoms with Crippen molar-refractivity contribution in [2.45, 2.75) is 39.4 Å². The molecule has 0 amide bonds. The van der Waals surface area contributed by atoms with Gasteiger partial charge >= 0.3 is 0 Å². The van der Waals surface area contributed by atoms with Gasteiger partial charge in [-0.15, -0.1) is 0 Å². The van der Waals surface area contributed by atoms with E-state index in [1.54, 1.807) is 22.9 Å². The van der Waals surface area contributed by atoms with Gasteiger partial charge < -0.3 is 9.88 Å². The van der Waals surface area contributed by atoms with E-state index < -0.39 is 6.43 Å². The smallest absolute Gasteiger partial charge is 0.256 e. The SMILES string of the molecule is CC(C)NCc1cn(CC(F)F)c2cc(Cl)ccc12. The van der Waals surface area contributed by atoms with Crippen LogP contribution in [0.15, 0.2) is 24.4 Å². The summed E-state index contributed by atoms with van der Waals surface area (Å²) in [5.74, 6) is 0. The third kappa shape index (κ3) is 3.45. The molecule has 19 heavy (non-hydrogen) atoms. The van der Waals surface area contributed by atoms with Gasteiger partial charge in [0.05, 0.1) is 12.1 Å². The molecule has 0 saturated heterocycles. The zero-order valence-corrected chi connectivity index (χ0v) is 11.7. The molecular weight excluding hydrogens is 270 g/mol. The Bertz CT molecular complexity index is 564. The van der Waals surface area contributed by atoms with Crippen molar-refractivity contribution in [3.8, 4) is 0 Å². The van der Waals surface area contributed by atoms with Crippen molar-refractivity contribution in [1.82, 2.24) is 9.88 Å². The Kier molecular flexibility index (Phi) is 4.42. The largest absolute Gasteiger partial charge is 0.341 e. The summed E-state index contributed by atoms with van der Waals surface area (Å²) in [5, 5.41) is 4.83. The number of nitrogens with zero attached hydrogens (tertiary/aromatic N) is 1. The second-order valence-electron chi connectivity index (χ2n) is 4.89. The first-order chi connectivity index (χ1) is 8.97. The maximum atomic E-state index is 12.6. The molecule has 1 heterocycles. The molecule has 1 aromatic carbocycles. The quantitative estimate of drug-likeness (QED) is 0.877. The van der Waals surface area contributed by atoms with Crippen molar-refractivity contribution in [3.05, 3.63) is 35.0 Å². The van der Waals surface area contributed by atoms with Crippen molar-refractivity contribution in [3.63, 3.8) is 0 Å². The van der Waals surface area contributed by atoms with Crippen molar-refractivity contribution >= 4 is 22.5 Å². The average Bonchev–Trinajstić information content (AvgIpc) is 2.63. The molecule has 1 N–H and O–H groups in total. The van der Waals surface area contributed by atoms with Crippen molar-refractivity contribution in [1.29, 1.82) is 0 Å². The molecule has 0 unspecified atom stereocenters. The number of fused-ring (bicyclic) bond motifs is 1. The number of hydrogen-bond acceptors (Lipinski definition) is 1. The molecule has 0 fully saturated rings. The highest BCUT2D eigenvalue weighted by molar-refractivity contribution is 6.31. The predicted molar refractivity (Wildman–Crippen MR) is 74.9 cm³/mol. The van der Waals surface area contributed by atoms with E-state index in [1.807, 2.05) is 6.07 Å². The molecule has 0 atom stereocenters. The monoisotopic (exact) mass is 286 g/mol. The Balaban J connectivity index is 2.41. The lowest BCUT2D eigenvalue weighted by Gasteiger charge is -2.06. The number of hydrogen-bond donors (Lipinski definition) is 1. The third-order valence-corrected chi connectivity index (χ3v) is 3.20. The summed E-state index contributed by atoms with van der Waals surface area (Å²) >= 11 is 5.95. The predicted octanol–water partition coefficient (Wildman–Crippen LogP) is 4.06. The molecule has 2 rings (SSSR count). The van der Waals surface area contributed by atoms with E-state index in [9.17, 15) is 8.78 Å². The van der Waals surface area contributed by atoms with Gasteiger partial charge in [0.2, 0.25) is 0 Å². The molecule has 2 nitrogen and oxygen atoms in total. The fourth-order valence-electron chi connectivity index (χ4n) is 2.10. The zero-order chi connectivity index (χ0) is 14.0. The maximum absolute atomic E-state index is 12.6. The Morgan fingerprint density at radius 1 is 1.32 bits per heavy atom. The second-order valence-corrected chi connectivity index (χ2v) is 5.33. The molecule has 1 aromatic heterocycles. The normalized spacial score (nSPS) is 11.9. The molecular formula is C14H17ClF2N2. The van der Waals surface area contributed by atoms with Crippen LogP contribution in [0.1, 0.15) is 19.4 Å². The number of halogens is 3. The summed E-state index contributed by atoms with van der Waals surface area (Å²) < 4.78 is 26.8. The lowest BCUT2D eigenvalue weighted by atomic mass is 10.1. The summed E-state index contributed by atoms with van der Waals surface area (Å²) in [6, 6.07) is 5.76. The van der Waals surface area contributed by atoms with Gasteiger partial charge in [0.25, 0.3) is 6.43 Å². The minimum Gasteiger partial charge on any atom is -0.341 e. The summed E-state index contributed by atoms with van der Waals surface area (Å²) in [4.78, 5) is 0. The highest BCUT2D eigenvalue weighted by atomic mass is 35.5. The minimum absolute atomic E-state index is 0.307. The van der Waals surface area contributed by atoms with E-state index >= 15 is 0 Å². The van der Waals surface area contributed by atoms with E-state index in [4.69, 9.17) is 11.6 Å². The average molecular weight is 287 g/mol. The topological polar surface area (TPSA) is 17.0 Å². The highest BCUT2D eigenvalue weighted by Crippen LogP contribution is 2.25. The molecule has 0 radical (unpaired) electrons. The van der Waals surface area contributed by atoms with E-state index in [-0.39, 0.29) is 6.54 Å². The standard InChI is InChI=1S/C14H17ClF2N2/c1-9(2)18-6-10-7-19(8-14(16)17)13-5-11(15)3-4-12(10)13/h3-5,7,9,14,18H,6,8H2,1-2H3. The summed E-state index contributed by atoms with van der Waals surface area (Å²) in [6.45, 7) is 4.45. The van der Waals surface area contributed by atoms with Crippen LogP contribution in [-0.2, 0) is 13.1 Å². The number of rotatable bonds is 5. The van der Waals surface area contributed by atoms with Crippen LogP contribution < -0.4 is 5.32 Å². The van der Waals surface area contributed by atoms with Crippen LogP contribution in [0.3, 0.4) is 0 Å². The zero-order valence-electron chi connectivity index (χ0n) is 11.0. The molecule has 0 saturated carbocycles. The van der Waals surface area contributed by atoms with Crippen LogP contribution in [0.25, 0.3) is 10.9 Å². The Labute approximate surface area is 116 Å². The summed E-state index contributed by atoms with van der Waals surface area (Å²) in [5.41, 5.74) is 1.77. The molecule has 0 aliphatic heterocycles. The van der Waals surface area contributed by atoms with Crippen LogP contribution in [0.4, 0.5) is 8.78 Å². The molecule has 0 spiro atoms. The van der Waals surface area contributed by atoms with Crippen LogP contribution in [-0.4, -0.2) is 17.0 Å². The lowest BCUT2D eigenvalue weighted by molar-refractivity contribution is 0.128. The third-order valence-electron chi connectivity index (χ3n) is 2.96. The van der Waals surface area contributed by atoms with Gasteiger partial charge in [0.1, 0.15) is 0 Å². The summed E-state index contributed by atoms with van der Waals surface area (Å²) in [7, 11) is 0. The minimum atomic E-state index is -2.37. The second kappa shape index (κ2) is 5.88. The van der Waals surface area contributed by atoms with E-state index in [1.165, 1.54) is 0 Å². The molecule has 5 heteroatoms. The van der Waals surface area contributed by atoms with Gasteiger partial charge in [-0.3, -0.25) is 0 Å².